The summed E-state index contributed by atoms with van der Waals surface area (Å²) in [4.78, 5) is 6.96. The molecule has 0 saturated carbocycles. The first-order valence-electron chi connectivity index (χ1n) is 7.72. The highest BCUT2D eigenvalue weighted by molar-refractivity contribution is 4.97. The zero-order valence-corrected chi connectivity index (χ0v) is 12.2. The van der Waals surface area contributed by atoms with Crippen molar-refractivity contribution in [3.63, 3.8) is 0 Å². The number of hydrogen-bond donors (Lipinski definition) is 1. The first-order chi connectivity index (χ1) is 9.85. The minimum atomic E-state index is -0.00740. The molecule has 0 bridgehead atoms. The fraction of sp³-hybridized carbons (Fsp3) is 0.857. The van der Waals surface area contributed by atoms with Crippen molar-refractivity contribution in [1.29, 1.82) is 0 Å². The van der Waals surface area contributed by atoms with Crippen molar-refractivity contribution in [3.05, 3.63) is 11.6 Å². The van der Waals surface area contributed by atoms with E-state index in [1.54, 1.807) is 0 Å². The molecule has 3 rings (SSSR count). The van der Waals surface area contributed by atoms with Gasteiger partial charge in [0, 0.05) is 32.7 Å². The summed E-state index contributed by atoms with van der Waals surface area (Å²) in [5, 5.41) is 7.31. The van der Waals surface area contributed by atoms with Gasteiger partial charge < -0.3 is 9.47 Å². The summed E-state index contributed by atoms with van der Waals surface area (Å²) in [6.45, 7) is 6.65. The lowest BCUT2D eigenvalue weighted by Crippen LogP contribution is -2.42. The highest BCUT2D eigenvalue weighted by Gasteiger charge is 2.28. The Morgan fingerprint density at radius 3 is 3.10 bits per heavy atom. The molecule has 0 aliphatic carbocycles. The summed E-state index contributed by atoms with van der Waals surface area (Å²) in [5.41, 5.74) is 0. The highest BCUT2D eigenvalue weighted by atomic mass is 16.5. The molecule has 2 atom stereocenters. The Hall–Kier alpha value is -0.980. The summed E-state index contributed by atoms with van der Waals surface area (Å²) in [6, 6.07) is 0. The Kier molecular flexibility index (Phi) is 4.65. The smallest absolute Gasteiger partial charge is 0.180 e. The maximum absolute atomic E-state index is 5.82. The number of nitrogens with zero attached hydrogens (tertiary/aromatic N) is 3. The molecule has 112 valence electrons. The number of aromatic nitrogens is 3. The maximum Gasteiger partial charge on any atom is 0.180 e. The zero-order valence-electron chi connectivity index (χ0n) is 12.2. The average molecular weight is 280 g/mol. The number of aromatic amines is 1. The molecule has 1 aromatic heterocycles. The van der Waals surface area contributed by atoms with E-state index >= 15 is 0 Å². The number of ether oxygens (including phenoxy) is 2. The molecule has 20 heavy (non-hydrogen) atoms. The average Bonchev–Trinajstić information content (AvgIpc) is 3.11. The molecule has 2 fully saturated rings. The van der Waals surface area contributed by atoms with E-state index in [9.17, 15) is 0 Å². The number of hydrogen-bond acceptors (Lipinski definition) is 5. The zero-order chi connectivity index (χ0) is 13.8. The molecule has 0 radical (unpaired) electrons. The molecule has 2 aliphatic rings. The quantitative estimate of drug-likeness (QED) is 0.881. The normalized spacial score (nSPS) is 28.1. The first kappa shape index (κ1) is 14.0. The molecule has 0 spiro atoms. The molecule has 3 heterocycles. The molecule has 1 N–H and O–H groups in total. The number of morpholine rings is 1. The SMILES string of the molecule is CCCc1nc([C@H]2CN(C[C@H]3CCCO3)CCO2)n[nH]1. The van der Waals surface area contributed by atoms with Crippen LogP contribution in [0.15, 0.2) is 0 Å². The largest absolute Gasteiger partial charge is 0.377 e. The second-order valence-electron chi connectivity index (χ2n) is 5.64. The van der Waals surface area contributed by atoms with Gasteiger partial charge in [0.15, 0.2) is 5.82 Å². The third-order valence-corrected chi connectivity index (χ3v) is 3.96. The van der Waals surface area contributed by atoms with Gasteiger partial charge in [0.25, 0.3) is 0 Å². The van der Waals surface area contributed by atoms with Crippen LogP contribution in [0, 0.1) is 0 Å². The van der Waals surface area contributed by atoms with E-state index in [2.05, 4.69) is 27.0 Å². The van der Waals surface area contributed by atoms with Crippen molar-refractivity contribution in [1.82, 2.24) is 20.1 Å². The van der Waals surface area contributed by atoms with E-state index in [0.717, 1.165) is 57.3 Å². The van der Waals surface area contributed by atoms with Crippen LogP contribution in [0.25, 0.3) is 0 Å². The van der Waals surface area contributed by atoms with Crippen LogP contribution in [-0.4, -0.2) is 59.0 Å². The van der Waals surface area contributed by atoms with Crippen LogP contribution in [0.5, 0.6) is 0 Å². The molecule has 0 unspecified atom stereocenters. The predicted octanol–water partition coefficient (Wildman–Crippen LogP) is 1.31. The van der Waals surface area contributed by atoms with Crippen LogP contribution < -0.4 is 0 Å². The Labute approximate surface area is 119 Å². The molecule has 1 aromatic rings. The second kappa shape index (κ2) is 6.65. The molecule has 6 nitrogen and oxygen atoms in total. The van der Waals surface area contributed by atoms with Crippen LogP contribution in [-0.2, 0) is 15.9 Å². The Morgan fingerprint density at radius 1 is 1.35 bits per heavy atom. The summed E-state index contributed by atoms with van der Waals surface area (Å²) in [7, 11) is 0. The van der Waals surface area contributed by atoms with Crippen LogP contribution in [0.1, 0.15) is 43.9 Å². The minimum Gasteiger partial charge on any atom is -0.377 e. The van der Waals surface area contributed by atoms with Crippen molar-refractivity contribution >= 4 is 0 Å². The summed E-state index contributed by atoms with van der Waals surface area (Å²) in [5.74, 6) is 1.76. The van der Waals surface area contributed by atoms with Gasteiger partial charge in [-0.2, -0.15) is 5.10 Å². The third-order valence-electron chi connectivity index (χ3n) is 3.96. The van der Waals surface area contributed by atoms with Crippen LogP contribution >= 0.6 is 0 Å². The van der Waals surface area contributed by atoms with E-state index in [4.69, 9.17) is 9.47 Å². The Balaban J connectivity index is 1.56. The summed E-state index contributed by atoms with van der Waals surface area (Å²) in [6.07, 6.45) is 4.79. The van der Waals surface area contributed by atoms with E-state index in [-0.39, 0.29) is 6.10 Å². The fourth-order valence-corrected chi connectivity index (χ4v) is 2.90. The van der Waals surface area contributed by atoms with Gasteiger partial charge in [-0.05, 0) is 19.3 Å². The number of rotatable bonds is 5. The first-order valence-corrected chi connectivity index (χ1v) is 7.72. The lowest BCUT2D eigenvalue weighted by atomic mass is 10.2. The fourth-order valence-electron chi connectivity index (χ4n) is 2.90. The molecule has 2 saturated heterocycles. The van der Waals surface area contributed by atoms with Crippen molar-refractivity contribution in [2.45, 2.75) is 44.8 Å². The summed E-state index contributed by atoms with van der Waals surface area (Å²) >= 11 is 0. The van der Waals surface area contributed by atoms with Gasteiger partial charge in [-0.25, -0.2) is 4.98 Å². The van der Waals surface area contributed by atoms with Gasteiger partial charge in [-0.1, -0.05) is 6.92 Å². The molecule has 6 heteroatoms. The van der Waals surface area contributed by atoms with Crippen LogP contribution in [0.3, 0.4) is 0 Å². The van der Waals surface area contributed by atoms with E-state index in [1.807, 2.05) is 0 Å². The molecule has 0 aromatic carbocycles. The van der Waals surface area contributed by atoms with E-state index in [0.29, 0.717) is 6.10 Å². The number of H-pyrrole nitrogens is 1. The Morgan fingerprint density at radius 2 is 2.30 bits per heavy atom. The topological polar surface area (TPSA) is 63.3 Å². The standard InChI is InChI=1S/C14H24N4O2/c1-2-4-13-15-14(17-16-13)12-10-18(6-8-20-12)9-11-5-3-7-19-11/h11-12H,2-10H2,1H3,(H,15,16,17)/t11-,12-/m1/s1. The number of aryl methyl sites for hydroxylation is 1. The molecule has 0 amide bonds. The lowest BCUT2D eigenvalue weighted by Gasteiger charge is -2.32. The van der Waals surface area contributed by atoms with Crippen molar-refractivity contribution in [2.24, 2.45) is 0 Å². The monoisotopic (exact) mass is 280 g/mol. The van der Waals surface area contributed by atoms with Crippen LogP contribution in [0.4, 0.5) is 0 Å². The highest BCUT2D eigenvalue weighted by Crippen LogP contribution is 2.21. The lowest BCUT2D eigenvalue weighted by molar-refractivity contribution is -0.0481. The van der Waals surface area contributed by atoms with Gasteiger partial charge in [0.2, 0.25) is 0 Å². The van der Waals surface area contributed by atoms with Crippen LogP contribution in [0.2, 0.25) is 0 Å². The van der Waals surface area contributed by atoms with Gasteiger partial charge in [0.05, 0.1) is 12.7 Å². The Bertz CT molecular complexity index is 417. The van der Waals surface area contributed by atoms with Crippen molar-refractivity contribution < 1.29 is 9.47 Å². The van der Waals surface area contributed by atoms with Gasteiger partial charge in [0.1, 0.15) is 11.9 Å². The van der Waals surface area contributed by atoms with E-state index < -0.39 is 0 Å². The van der Waals surface area contributed by atoms with Crippen molar-refractivity contribution in [2.75, 3.05) is 32.8 Å². The number of nitrogens with one attached hydrogen (secondary N) is 1. The van der Waals surface area contributed by atoms with Gasteiger partial charge in [-0.3, -0.25) is 10.00 Å². The van der Waals surface area contributed by atoms with Gasteiger partial charge >= 0.3 is 0 Å². The van der Waals surface area contributed by atoms with Crippen molar-refractivity contribution in [3.8, 4) is 0 Å². The molecular weight excluding hydrogens is 256 g/mol. The van der Waals surface area contributed by atoms with E-state index in [1.165, 1.54) is 12.8 Å². The third kappa shape index (κ3) is 3.37. The second-order valence-corrected chi connectivity index (χ2v) is 5.64. The van der Waals surface area contributed by atoms with Gasteiger partial charge in [-0.15, -0.1) is 0 Å². The summed E-state index contributed by atoms with van der Waals surface area (Å²) < 4.78 is 11.5. The molecule has 2 aliphatic heterocycles. The maximum atomic E-state index is 5.82. The molecular formula is C14H24N4O2. The minimum absolute atomic E-state index is 0.00740. The predicted molar refractivity (Wildman–Crippen MR) is 74.5 cm³/mol.